The first kappa shape index (κ1) is 14.3. The quantitative estimate of drug-likeness (QED) is 0.477. The minimum atomic E-state index is 0.535. The topological polar surface area (TPSA) is 54.3 Å². The highest BCUT2D eigenvalue weighted by Crippen LogP contribution is 2.28. The van der Waals surface area contributed by atoms with Crippen molar-refractivity contribution in [2.75, 3.05) is 34.4 Å². The Morgan fingerprint density at radius 3 is 2.61 bits per heavy atom. The van der Waals surface area contributed by atoms with Crippen LogP contribution in [-0.4, -0.2) is 50.2 Å². The van der Waals surface area contributed by atoms with E-state index >= 15 is 0 Å². The molecule has 18 heavy (non-hydrogen) atoms. The summed E-state index contributed by atoms with van der Waals surface area (Å²) in [6, 6.07) is 5.45. The number of benzene rings is 1. The molecular weight excluding hydrogens is 232 g/mol. The number of ether oxygens (including phenoxy) is 2. The summed E-state index contributed by atoms with van der Waals surface area (Å²) < 4.78 is 10.9. The number of nitrogens with zero attached hydrogens (tertiary/aromatic N) is 2. The third-order valence-corrected chi connectivity index (χ3v) is 2.53. The molecule has 0 fully saturated rings. The highest BCUT2D eigenvalue weighted by molar-refractivity contribution is 5.98. The molecule has 0 aromatic heterocycles. The van der Waals surface area contributed by atoms with Gasteiger partial charge in [-0.25, -0.2) is 0 Å². The van der Waals surface area contributed by atoms with Gasteiger partial charge >= 0.3 is 0 Å². The van der Waals surface area contributed by atoms with Crippen molar-refractivity contribution in [1.29, 1.82) is 0 Å². The predicted octanol–water partition coefficient (Wildman–Crippen LogP) is 1.83. The van der Waals surface area contributed by atoms with Crippen molar-refractivity contribution in [1.82, 2.24) is 4.90 Å². The van der Waals surface area contributed by atoms with Crippen LogP contribution in [-0.2, 0) is 0 Å². The van der Waals surface area contributed by atoms with E-state index in [2.05, 4.69) is 5.16 Å². The predicted molar refractivity (Wildman–Crippen MR) is 71.0 cm³/mol. The van der Waals surface area contributed by atoms with Crippen LogP contribution in [0.1, 0.15) is 12.5 Å². The molecule has 100 valence electrons. The summed E-state index contributed by atoms with van der Waals surface area (Å²) in [6.07, 6.45) is 0. The van der Waals surface area contributed by atoms with Crippen LogP contribution in [0, 0.1) is 0 Å². The second-order valence-corrected chi connectivity index (χ2v) is 4.20. The van der Waals surface area contributed by atoms with Crippen molar-refractivity contribution in [2.45, 2.75) is 6.92 Å². The molecule has 0 spiro atoms. The van der Waals surface area contributed by atoms with E-state index in [0.29, 0.717) is 23.8 Å². The molecule has 0 saturated carbocycles. The molecule has 0 heterocycles. The molecule has 0 atom stereocenters. The Morgan fingerprint density at radius 1 is 1.33 bits per heavy atom. The number of rotatable bonds is 6. The Balaban J connectivity index is 2.80. The fourth-order valence-corrected chi connectivity index (χ4v) is 1.41. The summed E-state index contributed by atoms with van der Waals surface area (Å²) in [6.45, 7) is 3.15. The maximum Gasteiger partial charge on any atom is 0.161 e. The van der Waals surface area contributed by atoms with Gasteiger partial charge in [0.25, 0.3) is 0 Å². The number of hydrogen-bond donors (Lipinski definition) is 1. The first-order valence-corrected chi connectivity index (χ1v) is 5.73. The van der Waals surface area contributed by atoms with Gasteiger partial charge in [-0.3, -0.25) is 0 Å². The SMILES string of the molecule is COc1cc(/C(C)=N/O)ccc1OCCN(C)C. The fraction of sp³-hybridized carbons (Fsp3) is 0.462. The molecule has 0 aliphatic carbocycles. The van der Waals surface area contributed by atoms with Crippen molar-refractivity contribution in [3.05, 3.63) is 23.8 Å². The third-order valence-electron chi connectivity index (χ3n) is 2.53. The molecule has 0 aliphatic rings. The van der Waals surface area contributed by atoms with Crippen molar-refractivity contribution in [3.8, 4) is 11.5 Å². The molecular formula is C13H20N2O3. The van der Waals surface area contributed by atoms with E-state index in [1.54, 1.807) is 20.1 Å². The maximum atomic E-state index is 8.73. The number of likely N-dealkylation sites (N-methyl/N-ethyl adjacent to an activating group) is 1. The summed E-state index contributed by atoms with van der Waals surface area (Å²) in [4.78, 5) is 2.05. The van der Waals surface area contributed by atoms with E-state index in [9.17, 15) is 0 Å². The van der Waals surface area contributed by atoms with Gasteiger partial charge in [-0.2, -0.15) is 0 Å². The van der Waals surface area contributed by atoms with E-state index in [4.69, 9.17) is 14.7 Å². The number of methoxy groups -OCH3 is 1. The van der Waals surface area contributed by atoms with Crippen LogP contribution in [0.2, 0.25) is 0 Å². The summed E-state index contributed by atoms with van der Waals surface area (Å²) in [5, 5.41) is 11.9. The lowest BCUT2D eigenvalue weighted by Gasteiger charge is -2.14. The second kappa shape index (κ2) is 6.86. The van der Waals surface area contributed by atoms with Crippen molar-refractivity contribution in [2.24, 2.45) is 5.16 Å². The Kier molecular flexibility index (Phi) is 5.45. The van der Waals surface area contributed by atoms with Crippen LogP contribution in [0.25, 0.3) is 0 Å². The third kappa shape index (κ3) is 3.92. The molecule has 1 N–H and O–H groups in total. The zero-order valence-corrected chi connectivity index (χ0v) is 11.3. The molecule has 1 aromatic carbocycles. The van der Waals surface area contributed by atoms with Crippen molar-refractivity contribution >= 4 is 5.71 Å². The zero-order chi connectivity index (χ0) is 13.5. The fourth-order valence-electron chi connectivity index (χ4n) is 1.41. The molecule has 0 unspecified atom stereocenters. The normalized spacial score (nSPS) is 11.7. The van der Waals surface area contributed by atoms with Gasteiger partial charge in [0.2, 0.25) is 0 Å². The molecule has 5 nitrogen and oxygen atoms in total. The van der Waals surface area contributed by atoms with E-state index in [0.717, 1.165) is 12.1 Å². The van der Waals surface area contributed by atoms with Gasteiger partial charge < -0.3 is 19.6 Å². The minimum Gasteiger partial charge on any atom is -0.493 e. The minimum absolute atomic E-state index is 0.535. The summed E-state index contributed by atoms with van der Waals surface area (Å²) >= 11 is 0. The smallest absolute Gasteiger partial charge is 0.161 e. The lowest BCUT2D eigenvalue weighted by atomic mass is 10.1. The summed E-state index contributed by atoms with van der Waals surface area (Å²) in [5.74, 6) is 1.32. The lowest BCUT2D eigenvalue weighted by Crippen LogP contribution is -2.19. The average Bonchev–Trinajstić information content (AvgIpc) is 2.37. The van der Waals surface area contributed by atoms with Gasteiger partial charge in [0.1, 0.15) is 6.61 Å². The van der Waals surface area contributed by atoms with Crippen molar-refractivity contribution in [3.63, 3.8) is 0 Å². The molecule has 0 amide bonds. The first-order chi connectivity index (χ1) is 8.58. The Morgan fingerprint density at radius 2 is 2.06 bits per heavy atom. The molecule has 0 saturated heterocycles. The molecule has 0 radical (unpaired) electrons. The van der Waals surface area contributed by atoms with Crippen LogP contribution in [0.3, 0.4) is 0 Å². The van der Waals surface area contributed by atoms with Gasteiger partial charge in [0.05, 0.1) is 12.8 Å². The van der Waals surface area contributed by atoms with Crippen LogP contribution in [0.15, 0.2) is 23.4 Å². The van der Waals surface area contributed by atoms with Crippen LogP contribution in [0.5, 0.6) is 11.5 Å². The summed E-state index contributed by atoms with van der Waals surface area (Å²) in [7, 11) is 5.57. The monoisotopic (exact) mass is 252 g/mol. The van der Waals surface area contributed by atoms with Gasteiger partial charge in [-0.1, -0.05) is 5.16 Å². The van der Waals surface area contributed by atoms with Gasteiger partial charge in [0, 0.05) is 12.1 Å². The van der Waals surface area contributed by atoms with Gasteiger partial charge in [0.15, 0.2) is 11.5 Å². The largest absolute Gasteiger partial charge is 0.493 e. The molecule has 1 rings (SSSR count). The van der Waals surface area contributed by atoms with Gasteiger partial charge in [-0.05, 0) is 39.2 Å². The van der Waals surface area contributed by atoms with E-state index in [1.807, 2.05) is 31.1 Å². The Bertz CT molecular complexity index is 417. The lowest BCUT2D eigenvalue weighted by molar-refractivity contribution is 0.250. The van der Waals surface area contributed by atoms with E-state index in [1.165, 1.54) is 0 Å². The van der Waals surface area contributed by atoms with Crippen LogP contribution in [0.4, 0.5) is 0 Å². The summed E-state index contributed by atoms with van der Waals surface area (Å²) in [5.41, 5.74) is 1.34. The molecule has 0 aliphatic heterocycles. The van der Waals surface area contributed by atoms with Gasteiger partial charge in [-0.15, -0.1) is 0 Å². The van der Waals surface area contributed by atoms with E-state index in [-0.39, 0.29) is 0 Å². The van der Waals surface area contributed by atoms with Crippen molar-refractivity contribution < 1.29 is 14.7 Å². The number of oxime groups is 1. The molecule has 1 aromatic rings. The first-order valence-electron chi connectivity index (χ1n) is 5.73. The zero-order valence-electron chi connectivity index (χ0n) is 11.3. The highest BCUT2D eigenvalue weighted by atomic mass is 16.5. The maximum absolute atomic E-state index is 8.73. The second-order valence-electron chi connectivity index (χ2n) is 4.20. The standard InChI is InChI=1S/C13H20N2O3/c1-10(14-16)11-5-6-12(13(9-11)17-4)18-8-7-15(2)3/h5-6,9,16H,7-8H2,1-4H3/b14-10+. The molecule has 5 heteroatoms. The van der Waals surface area contributed by atoms with E-state index < -0.39 is 0 Å². The van der Waals surface area contributed by atoms with Crippen LogP contribution < -0.4 is 9.47 Å². The highest BCUT2D eigenvalue weighted by Gasteiger charge is 2.07. The Hall–Kier alpha value is -1.75. The van der Waals surface area contributed by atoms with Crippen LogP contribution >= 0.6 is 0 Å². The molecule has 0 bridgehead atoms. The Labute approximate surface area is 108 Å². The average molecular weight is 252 g/mol. The number of hydrogen-bond acceptors (Lipinski definition) is 5.